The first kappa shape index (κ1) is 8.19. The summed E-state index contributed by atoms with van der Waals surface area (Å²) in [6, 6.07) is 2.37. The fraction of sp³-hybridized carbons (Fsp3) is 0.571. The van der Waals surface area contributed by atoms with Gasteiger partial charge < -0.3 is 5.32 Å². The first-order valence-electron chi connectivity index (χ1n) is 3.04. The maximum atomic E-state index is 8.14. The van der Waals surface area contributed by atoms with E-state index in [4.69, 9.17) is 5.26 Å². The van der Waals surface area contributed by atoms with E-state index in [0.717, 1.165) is 6.54 Å². The summed E-state index contributed by atoms with van der Waals surface area (Å²) in [6.45, 7) is 6.35. The van der Waals surface area contributed by atoms with Crippen LogP contribution in [0.5, 0.6) is 0 Å². The van der Waals surface area contributed by atoms with Crippen LogP contribution in [-0.4, -0.2) is 12.6 Å². The van der Waals surface area contributed by atoms with Crippen molar-refractivity contribution in [2.75, 3.05) is 6.54 Å². The number of nitrogens with zero attached hydrogens (tertiary/aromatic N) is 1. The van der Waals surface area contributed by atoms with Crippen LogP contribution in [-0.2, 0) is 0 Å². The first-order valence-corrected chi connectivity index (χ1v) is 3.04. The van der Waals surface area contributed by atoms with Crippen LogP contribution in [0.3, 0.4) is 0 Å². The number of hydrogen-bond donors (Lipinski definition) is 1. The van der Waals surface area contributed by atoms with Crippen molar-refractivity contribution in [3.8, 4) is 6.07 Å². The monoisotopic (exact) mass is 124 g/mol. The van der Waals surface area contributed by atoms with E-state index in [1.807, 2.05) is 13.0 Å². The van der Waals surface area contributed by atoms with Gasteiger partial charge in [-0.15, -0.1) is 6.58 Å². The van der Waals surface area contributed by atoms with E-state index < -0.39 is 0 Å². The summed E-state index contributed by atoms with van der Waals surface area (Å²) in [5.41, 5.74) is 0. The van der Waals surface area contributed by atoms with Gasteiger partial charge in [-0.1, -0.05) is 6.08 Å². The van der Waals surface area contributed by atoms with Gasteiger partial charge in [0.2, 0.25) is 0 Å². The van der Waals surface area contributed by atoms with Crippen LogP contribution in [0.15, 0.2) is 12.7 Å². The van der Waals surface area contributed by atoms with Gasteiger partial charge >= 0.3 is 0 Å². The summed E-state index contributed by atoms with van der Waals surface area (Å²) in [4.78, 5) is 0. The van der Waals surface area contributed by atoms with Gasteiger partial charge in [0.1, 0.15) is 0 Å². The summed E-state index contributed by atoms with van der Waals surface area (Å²) in [6.07, 6.45) is 2.38. The van der Waals surface area contributed by atoms with Gasteiger partial charge in [0.15, 0.2) is 0 Å². The first-order chi connectivity index (χ1) is 4.31. The second-order valence-corrected chi connectivity index (χ2v) is 1.89. The molecule has 0 heterocycles. The molecule has 0 aromatic rings. The molecule has 0 aliphatic carbocycles. The maximum Gasteiger partial charge on any atom is 0.0635 e. The minimum absolute atomic E-state index is 0.318. The lowest BCUT2D eigenvalue weighted by atomic mass is 10.3. The molecular weight excluding hydrogens is 112 g/mol. The van der Waals surface area contributed by atoms with Gasteiger partial charge in [-0.2, -0.15) is 5.26 Å². The molecule has 50 valence electrons. The lowest BCUT2D eigenvalue weighted by molar-refractivity contribution is 0.642. The highest BCUT2D eigenvalue weighted by Gasteiger charge is 1.90. The Bertz CT molecular complexity index is 113. The van der Waals surface area contributed by atoms with E-state index in [1.165, 1.54) is 0 Å². The van der Waals surface area contributed by atoms with Crippen LogP contribution < -0.4 is 5.32 Å². The highest BCUT2D eigenvalue weighted by molar-refractivity contribution is 4.82. The van der Waals surface area contributed by atoms with Crippen molar-refractivity contribution in [2.24, 2.45) is 0 Å². The molecule has 1 N–H and O–H groups in total. The fourth-order valence-corrected chi connectivity index (χ4v) is 0.439. The number of nitrogens with one attached hydrogen (secondary N) is 1. The van der Waals surface area contributed by atoms with Crippen LogP contribution >= 0.6 is 0 Å². The summed E-state index contributed by atoms with van der Waals surface area (Å²) in [5, 5.41) is 11.2. The Kier molecular flexibility index (Phi) is 4.85. The van der Waals surface area contributed by atoms with Crippen molar-refractivity contribution in [1.82, 2.24) is 5.32 Å². The van der Waals surface area contributed by atoms with Crippen molar-refractivity contribution in [1.29, 1.82) is 5.26 Å². The van der Waals surface area contributed by atoms with E-state index in [0.29, 0.717) is 12.5 Å². The van der Waals surface area contributed by atoms with Crippen LogP contribution in [0.25, 0.3) is 0 Å². The molecule has 0 fully saturated rings. The van der Waals surface area contributed by atoms with Crippen LogP contribution in [0.2, 0.25) is 0 Å². The topological polar surface area (TPSA) is 35.8 Å². The molecule has 0 amide bonds. The quantitative estimate of drug-likeness (QED) is 0.449. The molecule has 2 nitrogen and oxygen atoms in total. The summed E-state index contributed by atoms with van der Waals surface area (Å²) < 4.78 is 0. The van der Waals surface area contributed by atoms with E-state index >= 15 is 0 Å². The third kappa shape index (κ3) is 5.05. The molecule has 0 saturated heterocycles. The van der Waals surface area contributed by atoms with E-state index in [2.05, 4.69) is 18.0 Å². The van der Waals surface area contributed by atoms with E-state index in [9.17, 15) is 0 Å². The summed E-state index contributed by atoms with van der Waals surface area (Å²) in [7, 11) is 0. The van der Waals surface area contributed by atoms with Crippen molar-refractivity contribution in [3.63, 3.8) is 0 Å². The standard InChI is InChI=1S/C7H12N2/c1-3-7(2)9-6-4-5-8/h3,7,9H,1,4,6H2,2H3. The molecule has 9 heavy (non-hydrogen) atoms. The molecule has 0 aromatic carbocycles. The van der Waals surface area contributed by atoms with E-state index in [-0.39, 0.29) is 0 Å². The fourth-order valence-electron chi connectivity index (χ4n) is 0.439. The van der Waals surface area contributed by atoms with Crippen molar-refractivity contribution >= 4 is 0 Å². The zero-order valence-electron chi connectivity index (χ0n) is 5.72. The minimum Gasteiger partial charge on any atom is -0.310 e. The van der Waals surface area contributed by atoms with Gasteiger partial charge in [0, 0.05) is 19.0 Å². The molecule has 0 aliphatic heterocycles. The normalized spacial score (nSPS) is 12.0. The SMILES string of the molecule is C=CC(C)NCCC#N. The number of nitriles is 1. The molecule has 0 aliphatic rings. The third-order valence-electron chi connectivity index (χ3n) is 1.06. The van der Waals surface area contributed by atoms with Crippen molar-refractivity contribution in [3.05, 3.63) is 12.7 Å². The molecule has 0 radical (unpaired) electrons. The molecule has 1 unspecified atom stereocenters. The largest absolute Gasteiger partial charge is 0.310 e. The van der Waals surface area contributed by atoms with Crippen LogP contribution in [0, 0.1) is 11.3 Å². The number of hydrogen-bond acceptors (Lipinski definition) is 2. The van der Waals surface area contributed by atoms with Gasteiger partial charge in [0.05, 0.1) is 6.07 Å². The zero-order valence-corrected chi connectivity index (χ0v) is 5.72. The van der Waals surface area contributed by atoms with E-state index in [1.54, 1.807) is 0 Å². The molecule has 0 saturated carbocycles. The average Bonchev–Trinajstić information content (AvgIpc) is 1.89. The molecule has 0 spiro atoms. The van der Waals surface area contributed by atoms with Gasteiger partial charge in [-0.25, -0.2) is 0 Å². The lowest BCUT2D eigenvalue weighted by Crippen LogP contribution is -2.24. The predicted molar refractivity (Wildman–Crippen MR) is 37.9 cm³/mol. The highest BCUT2D eigenvalue weighted by Crippen LogP contribution is 1.80. The van der Waals surface area contributed by atoms with Crippen molar-refractivity contribution in [2.45, 2.75) is 19.4 Å². The van der Waals surface area contributed by atoms with Crippen LogP contribution in [0.4, 0.5) is 0 Å². The highest BCUT2D eigenvalue weighted by atomic mass is 14.9. The molecular formula is C7H12N2. The van der Waals surface area contributed by atoms with Gasteiger partial charge in [0.25, 0.3) is 0 Å². The Balaban J connectivity index is 3.08. The molecule has 0 bridgehead atoms. The Morgan fingerprint density at radius 1 is 1.89 bits per heavy atom. The third-order valence-corrected chi connectivity index (χ3v) is 1.06. The second-order valence-electron chi connectivity index (χ2n) is 1.89. The van der Waals surface area contributed by atoms with Crippen molar-refractivity contribution < 1.29 is 0 Å². The van der Waals surface area contributed by atoms with Crippen LogP contribution in [0.1, 0.15) is 13.3 Å². The van der Waals surface area contributed by atoms with Gasteiger partial charge in [-0.05, 0) is 6.92 Å². The maximum absolute atomic E-state index is 8.14. The number of rotatable bonds is 4. The van der Waals surface area contributed by atoms with Gasteiger partial charge in [-0.3, -0.25) is 0 Å². The Hall–Kier alpha value is -0.810. The second kappa shape index (κ2) is 5.33. The Labute approximate surface area is 56.2 Å². The molecule has 2 heteroatoms. The average molecular weight is 124 g/mol. The molecule has 0 rings (SSSR count). The molecule has 1 atom stereocenters. The minimum atomic E-state index is 0.318. The Morgan fingerprint density at radius 3 is 3.00 bits per heavy atom. The summed E-state index contributed by atoms with van der Waals surface area (Å²) >= 11 is 0. The Morgan fingerprint density at radius 2 is 2.56 bits per heavy atom. The lowest BCUT2D eigenvalue weighted by Gasteiger charge is -2.04. The molecule has 0 aromatic heterocycles. The zero-order chi connectivity index (χ0) is 7.11. The predicted octanol–water partition coefficient (Wildman–Crippen LogP) is 1.06. The smallest absolute Gasteiger partial charge is 0.0635 e. The summed E-state index contributed by atoms with van der Waals surface area (Å²) in [5.74, 6) is 0.